The lowest BCUT2D eigenvalue weighted by atomic mass is 9.78. The number of H-pyrrole nitrogens is 1. The van der Waals surface area contributed by atoms with E-state index in [2.05, 4.69) is 28.7 Å². The van der Waals surface area contributed by atoms with Gasteiger partial charge in [-0.2, -0.15) is 0 Å². The molecule has 0 radical (unpaired) electrons. The van der Waals surface area contributed by atoms with Crippen LogP contribution >= 0.6 is 0 Å². The van der Waals surface area contributed by atoms with Crippen LogP contribution < -0.4 is 0 Å². The van der Waals surface area contributed by atoms with E-state index in [1.165, 1.54) is 11.4 Å². The van der Waals surface area contributed by atoms with Gasteiger partial charge in [0, 0.05) is 50.6 Å². The molecule has 7 heteroatoms. The summed E-state index contributed by atoms with van der Waals surface area (Å²) in [7, 11) is 0. The van der Waals surface area contributed by atoms with Gasteiger partial charge in [-0.25, -0.2) is 9.97 Å². The van der Waals surface area contributed by atoms with Crippen molar-refractivity contribution in [3.63, 3.8) is 0 Å². The molecule has 0 unspecified atom stereocenters. The second-order valence-electron chi connectivity index (χ2n) is 7.70. The SMILES string of the molecule is CCCN1CCc2[nH]cnc2C12CCN(C(=O)Cn1ccnc1CC)CC2. The Hall–Kier alpha value is -2.15. The number of hydrogen-bond acceptors (Lipinski definition) is 4. The number of carbonyl (C=O) groups is 1. The largest absolute Gasteiger partial charge is 0.348 e. The van der Waals surface area contributed by atoms with E-state index >= 15 is 0 Å². The maximum Gasteiger partial charge on any atom is 0.242 e. The van der Waals surface area contributed by atoms with E-state index in [0.717, 1.165) is 64.1 Å². The molecular formula is C20H30N6O. The summed E-state index contributed by atoms with van der Waals surface area (Å²) in [5.74, 6) is 1.16. The number of aromatic nitrogens is 4. The molecule has 2 aliphatic rings. The molecule has 1 fully saturated rings. The number of likely N-dealkylation sites (tertiary alicyclic amines) is 1. The Morgan fingerprint density at radius 1 is 1.22 bits per heavy atom. The van der Waals surface area contributed by atoms with Crippen molar-refractivity contribution in [2.75, 3.05) is 26.2 Å². The molecule has 27 heavy (non-hydrogen) atoms. The topological polar surface area (TPSA) is 70.1 Å². The van der Waals surface area contributed by atoms with E-state index in [1.54, 1.807) is 6.20 Å². The number of rotatable bonds is 5. The number of aryl methyl sites for hydroxylation is 1. The average Bonchev–Trinajstić information content (AvgIpc) is 3.34. The molecule has 2 aliphatic heterocycles. The monoisotopic (exact) mass is 370 g/mol. The number of imidazole rings is 2. The van der Waals surface area contributed by atoms with E-state index in [1.807, 2.05) is 22.0 Å². The van der Waals surface area contributed by atoms with Crippen LogP contribution in [0.4, 0.5) is 0 Å². The highest BCUT2D eigenvalue weighted by atomic mass is 16.2. The minimum atomic E-state index is -0.00996. The van der Waals surface area contributed by atoms with Gasteiger partial charge in [-0.15, -0.1) is 0 Å². The first-order valence-electron chi connectivity index (χ1n) is 10.2. The molecule has 0 aromatic carbocycles. The average molecular weight is 371 g/mol. The first kappa shape index (κ1) is 18.2. The van der Waals surface area contributed by atoms with Crippen molar-refractivity contribution < 1.29 is 4.79 Å². The van der Waals surface area contributed by atoms with Crippen LogP contribution in [0.5, 0.6) is 0 Å². The highest BCUT2D eigenvalue weighted by Gasteiger charge is 2.46. The van der Waals surface area contributed by atoms with Crippen LogP contribution in [0.25, 0.3) is 0 Å². The number of aromatic amines is 1. The first-order valence-corrected chi connectivity index (χ1v) is 10.2. The lowest BCUT2D eigenvalue weighted by Crippen LogP contribution is -2.57. The number of carbonyl (C=O) groups excluding carboxylic acids is 1. The van der Waals surface area contributed by atoms with Crippen LogP contribution in [-0.2, 0) is 29.7 Å². The van der Waals surface area contributed by atoms with Gasteiger partial charge in [0.2, 0.25) is 5.91 Å². The van der Waals surface area contributed by atoms with Crippen LogP contribution in [-0.4, -0.2) is 61.4 Å². The fourth-order valence-corrected chi connectivity index (χ4v) is 4.84. The van der Waals surface area contributed by atoms with Gasteiger partial charge in [-0.1, -0.05) is 13.8 Å². The van der Waals surface area contributed by atoms with E-state index in [4.69, 9.17) is 4.98 Å². The van der Waals surface area contributed by atoms with Gasteiger partial charge in [-0.3, -0.25) is 9.69 Å². The number of amides is 1. The number of fused-ring (bicyclic) bond motifs is 2. The molecular weight excluding hydrogens is 340 g/mol. The molecule has 146 valence electrons. The van der Waals surface area contributed by atoms with Crippen molar-refractivity contribution in [1.82, 2.24) is 29.3 Å². The van der Waals surface area contributed by atoms with Crippen molar-refractivity contribution in [2.24, 2.45) is 0 Å². The summed E-state index contributed by atoms with van der Waals surface area (Å²) in [6.07, 6.45) is 10.5. The highest BCUT2D eigenvalue weighted by molar-refractivity contribution is 5.76. The lowest BCUT2D eigenvalue weighted by molar-refractivity contribution is -0.135. The molecule has 0 atom stereocenters. The molecule has 0 saturated carbocycles. The van der Waals surface area contributed by atoms with Gasteiger partial charge in [0.1, 0.15) is 12.4 Å². The zero-order valence-electron chi connectivity index (χ0n) is 16.4. The second kappa shape index (κ2) is 7.46. The van der Waals surface area contributed by atoms with Crippen molar-refractivity contribution in [2.45, 2.75) is 58.0 Å². The Morgan fingerprint density at radius 3 is 2.78 bits per heavy atom. The minimum Gasteiger partial charge on any atom is -0.348 e. The Morgan fingerprint density at radius 2 is 2.04 bits per heavy atom. The summed E-state index contributed by atoms with van der Waals surface area (Å²) in [6.45, 7) is 8.45. The summed E-state index contributed by atoms with van der Waals surface area (Å²) in [5.41, 5.74) is 2.49. The molecule has 0 bridgehead atoms. The van der Waals surface area contributed by atoms with E-state index < -0.39 is 0 Å². The van der Waals surface area contributed by atoms with Crippen LogP contribution in [0.2, 0.25) is 0 Å². The van der Waals surface area contributed by atoms with Gasteiger partial charge < -0.3 is 14.5 Å². The summed E-state index contributed by atoms with van der Waals surface area (Å²) >= 11 is 0. The van der Waals surface area contributed by atoms with Crippen LogP contribution in [0.15, 0.2) is 18.7 Å². The summed E-state index contributed by atoms with van der Waals surface area (Å²) < 4.78 is 1.97. The van der Waals surface area contributed by atoms with Crippen molar-refractivity contribution in [3.8, 4) is 0 Å². The molecule has 2 aromatic rings. The number of nitrogens with zero attached hydrogens (tertiary/aromatic N) is 5. The number of piperidine rings is 1. The number of hydrogen-bond donors (Lipinski definition) is 1. The summed E-state index contributed by atoms with van der Waals surface area (Å²) in [6, 6.07) is 0. The second-order valence-corrected chi connectivity index (χ2v) is 7.70. The number of nitrogens with one attached hydrogen (secondary N) is 1. The first-order chi connectivity index (χ1) is 13.2. The van der Waals surface area contributed by atoms with E-state index in [0.29, 0.717) is 6.54 Å². The van der Waals surface area contributed by atoms with Crippen LogP contribution in [0, 0.1) is 0 Å². The molecule has 0 aliphatic carbocycles. The maximum absolute atomic E-state index is 12.8. The molecule has 7 nitrogen and oxygen atoms in total. The van der Waals surface area contributed by atoms with Gasteiger partial charge in [-0.05, 0) is 25.8 Å². The standard InChI is InChI=1S/C20H30N6O/c1-3-9-26-10-5-16-19(23-15-22-16)20(26)6-11-24(12-7-20)18(27)14-25-13-8-21-17(25)4-2/h8,13,15H,3-7,9-12,14H2,1-2H3,(H,22,23). The van der Waals surface area contributed by atoms with Gasteiger partial charge in [0.05, 0.1) is 17.6 Å². The minimum absolute atomic E-state index is 0.00996. The van der Waals surface area contributed by atoms with Crippen molar-refractivity contribution in [3.05, 3.63) is 35.9 Å². The summed E-state index contributed by atoms with van der Waals surface area (Å²) in [5, 5.41) is 0. The van der Waals surface area contributed by atoms with Crippen molar-refractivity contribution in [1.29, 1.82) is 0 Å². The zero-order valence-corrected chi connectivity index (χ0v) is 16.4. The van der Waals surface area contributed by atoms with Crippen molar-refractivity contribution >= 4 is 5.91 Å². The highest BCUT2D eigenvalue weighted by Crippen LogP contribution is 2.42. The van der Waals surface area contributed by atoms with Crippen LogP contribution in [0.3, 0.4) is 0 Å². The summed E-state index contributed by atoms with van der Waals surface area (Å²) in [4.78, 5) is 29.9. The Kier molecular flexibility index (Phi) is 5.04. The van der Waals surface area contributed by atoms with Crippen LogP contribution in [0.1, 0.15) is 50.3 Å². The Balaban J connectivity index is 1.48. The predicted molar refractivity (Wildman–Crippen MR) is 103 cm³/mol. The fraction of sp³-hybridized carbons (Fsp3) is 0.650. The molecule has 1 spiro atoms. The Bertz CT molecular complexity index is 786. The molecule has 1 N–H and O–H groups in total. The molecule has 4 heterocycles. The van der Waals surface area contributed by atoms with E-state index in [-0.39, 0.29) is 11.4 Å². The van der Waals surface area contributed by atoms with Gasteiger partial charge >= 0.3 is 0 Å². The van der Waals surface area contributed by atoms with Gasteiger partial charge in [0.15, 0.2) is 0 Å². The molecule has 4 rings (SSSR count). The molecule has 1 amide bonds. The Labute approximate surface area is 160 Å². The lowest BCUT2D eigenvalue weighted by Gasteiger charge is -2.50. The van der Waals surface area contributed by atoms with E-state index in [9.17, 15) is 4.79 Å². The zero-order chi connectivity index (χ0) is 18.9. The third-order valence-corrected chi connectivity index (χ3v) is 6.26. The smallest absolute Gasteiger partial charge is 0.242 e. The molecule has 2 aromatic heterocycles. The fourth-order valence-electron chi connectivity index (χ4n) is 4.84. The normalized spacial score (nSPS) is 19.4. The molecule has 1 saturated heterocycles. The van der Waals surface area contributed by atoms with Gasteiger partial charge in [0.25, 0.3) is 0 Å². The third kappa shape index (κ3) is 3.18. The quantitative estimate of drug-likeness (QED) is 0.873. The third-order valence-electron chi connectivity index (χ3n) is 6.26. The maximum atomic E-state index is 12.8. The predicted octanol–water partition coefficient (Wildman–Crippen LogP) is 1.95.